The Labute approximate surface area is 112 Å². The van der Waals surface area contributed by atoms with Crippen LogP contribution >= 0.6 is 0 Å². The van der Waals surface area contributed by atoms with Gasteiger partial charge in [0.25, 0.3) is 5.91 Å². The van der Waals surface area contributed by atoms with Gasteiger partial charge in [0.2, 0.25) is 10.0 Å². The van der Waals surface area contributed by atoms with Crippen LogP contribution in [0, 0.1) is 0 Å². The highest BCUT2D eigenvalue weighted by atomic mass is 32.2. The molecular formula is C13H16N2O3S. The van der Waals surface area contributed by atoms with Crippen LogP contribution in [0.4, 0.5) is 0 Å². The zero-order chi connectivity index (χ0) is 14.0. The lowest BCUT2D eigenvalue weighted by Gasteiger charge is -2.15. The largest absolute Gasteiger partial charge is 0.272 e. The first-order valence-electron chi connectivity index (χ1n) is 6.08. The van der Waals surface area contributed by atoms with Crippen molar-refractivity contribution >= 4 is 22.0 Å². The van der Waals surface area contributed by atoms with E-state index >= 15 is 0 Å². The fraction of sp³-hybridized carbons (Fsp3) is 0.385. The molecule has 0 aromatic heterocycles. The second kappa shape index (κ2) is 5.13. The molecule has 1 aromatic carbocycles. The van der Waals surface area contributed by atoms with Crippen molar-refractivity contribution in [3.8, 4) is 0 Å². The molecule has 0 aliphatic carbocycles. The average Bonchev–Trinajstić information content (AvgIpc) is 2.37. The molecule has 2 rings (SSSR count). The van der Waals surface area contributed by atoms with Crippen molar-refractivity contribution in [3.05, 3.63) is 34.8 Å². The molecule has 1 heterocycles. The van der Waals surface area contributed by atoms with Gasteiger partial charge in [0.05, 0.1) is 10.6 Å². The summed E-state index contributed by atoms with van der Waals surface area (Å²) >= 11 is 0. The van der Waals surface area contributed by atoms with E-state index in [1.54, 1.807) is 0 Å². The van der Waals surface area contributed by atoms with Crippen molar-refractivity contribution in [3.63, 3.8) is 0 Å². The Kier molecular flexibility index (Phi) is 3.71. The summed E-state index contributed by atoms with van der Waals surface area (Å²) in [5.41, 5.74) is 0. The summed E-state index contributed by atoms with van der Waals surface area (Å²) in [7, 11) is -3.60. The van der Waals surface area contributed by atoms with Gasteiger partial charge in [-0.25, -0.2) is 8.42 Å². The molecule has 0 saturated heterocycles. The maximum atomic E-state index is 11.9. The number of fused-ring (bicyclic) bond motifs is 1. The summed E-state index contributed by atoms with van der Waals surface area (Å²) in [5, 5.41) is 1.05. The van der Waals surface area contributed by atoms with Crippen molar-refractivity contribution in [2.24, 2.45) is 4.99 Å². The van der Waals surface area contributed by atoms with Gasteiger partial charge in [0.1, 0.15) is 6.04 Å². The second-order valence-electron chi connectivity index (χ2n) is 4.70. The topological polar surface area (TPSA) is 75.6 Å². The number of para-hydroxylation sites is 1. The lowest BCUT2D eigenvalue weighted by molar-refractivity contribution is -0.120. The number of rotatable bonds is 3. The summed E-state index contributed by atoms with van der Waals surface area (Å²) in [6, 6.07) is 6.78. The Morgan fingerprint density at radius 2 is 2.05 bits per heavy atom. The van der Waals surface area contributed by atoms with Gasteiger partial charge in [-0.05, 0) is 31.6 Å². The van der Waals surface area contributed by atoms with Crippen LogP contribution in [0.3, 0.4) is 0 Å². The van der Waals surface area contributed by atoms with Crippen LogP contribution in [0.1, 0.15) is 20.3 Å². The molecule has 5 nitrogen and oxygen atoms in total. The van der Waals surface area contributed by atoms with Crippen molar-refractivity contribution < 1.29 is 13.2 Å². The van der Waals surface area contributed by atoms with E-state index in [9.17, 15) is 13.2 Å². The van der Waals surface area contributed by atoms with E-state index in [2.05, 4.69) is 9.71 Å². The van der Waals surface area contributed by atoms with Gasteiger partial charge in [-0.2, -0.15) is 0 Å². The normalized spacial score (nSPS) is 18.2. The monoisotopic (exact) mass is 280 g/mol. The Morgan fingerprint density at radius 1 is 1.37 bits per heavy atom. The summed E-state index contributed by atoms with van der Waals surface area (Å²) in [4.78, 5) is 16.2. The van der Waals surface area contributed by atoms with Crippen molar-refractivity contribution in [2.75, 3.05) is 0 Å². The van der Waals surface area contributed by atoms with E-state index in [1.807, 2.05) is 30.3 Å². The molecule has 0 radical (unpaired) electrons. The number of hydrogen-bond acceptors (Lipinski definition) is 4. The van der Waals surface area contributed by atoms with Crippen molar-refractivity contribution in [2.45, 2.75) is 31.6 Å². The second-order valence-corrected chi connectivity index (χ2v) is 6.94. The van der Waals surface area contributed by atoms with E-state index in [0.29, 0.717) is 6.42 Å². The molecule has 1 aliphatic rings. The van der Waals surface area contributed by atoms with Gasteiger partial charge in [-0.15, -0.1) is 0 Å². The minimum atomic E-state index is -3.60. The van der Waals surface area contributed by atoms with Crippen LogP contribution < -0.4 is 15.3 Å². The van der Waals surface area contributed by atoms with E-state index in [4.69, 9.17) is 0 Å². The Balaban J connectivity index is 2.22. The number of nitrogens with one attached hydrogen (secondary N) is 1. The van der Waals surface area contributed by atoms with E-state index in [-0.39, 0.29) is 0 Å². The minimum absolute atomic E-state index is 0.413. The van der Waals surface area contributed by atoms with Crippen molar-refractivity contribution in [1.29, 1.82) is 0 Å². The Bertz CT molecular complexity index is 708. The maximum absolute atomic E-state index is 11.9. The van der Waals surface area contributed by atoms with Crippen LogP contribution in [-0.4, -0.2) is 25.6 Å². The third kappa shape index (κ3) is 3.01. The first-order valence-corrected chi connectivity index (χ1v) is 7.63. The lowest BCUT2D eigenvalue weighted by atomic mass is 10.1. The Hall–Kier alpha value is -1.69. The zero-order valence-electron chi connectivity index (χ0n) is 10.8. The molecule has 1 aromatic rings. The van der Waals surface area contributed by atoms with Crippen LogP contribution in [0.25, 0.3) is 6.08 Å². The molecular weight excluding hydrogens is 264 g/mol. The number of benzene rings is 1. The number of carbonyl (C=O) groups excluding carboxylic acids is 1. The number of amides is 1. The minimum Gasteiger partial charge on any atom is -0.272 e. The summed E-state index contributed by atoms with van der Waals surface area (Å²) in [5.74, 6) is -0.570. The first-order chi connectivity index (χ1) is 8.90. The van der Waals surface area contributed by atoms with Crippen LogP contribution in [0.2, 0.25) is 0 Å². The highest BCUT2D eigenvalue weighted by Gasteiger charge is 2.25. The van der Waals surface area contributed by atoms with Gasteiger partial charge in [0.15, 0.2) is 0 Å². The molecule has 0 spiro atoms. The molecule has 0 saturated carbocycles. The van der Waals surface area contributed by atoms with Gasteiger partial charge in [0, 0.05) is 0 Å². The lowest BCUT2D eigenvalue weighted by Crippen LogP contribution is -2.44. The first kappa shape index (κ1) is 13.7. The molecule has 1 unspecified atom stereocenters. The fourth-order valence-electron chi connectivity index (χ4n) is 1.73. The number of carbonyl (C=O) groups is 1. The number of sulfonamides is 1. The van der Waals surface area contributed by atoms with Gasteiger partial charge >= 0.3 is 0 Å². The van der Waals surface area contributed by atoms with E-state index in [1.165, 1.54) is 13.8 Å². The molecule has 6 heteroatoms. The average molecular weight is 280 g/mol. The number of hydrogen-bond donors (Lipinski definition) is 1. The van der Waals surface area contributed by atoms with Crippen LogP contribution in [0.5, 0.6) is 0 Å². The van der Waals surface area contributed by atoms with Gasteiger partial charge in [-0.1, -0.05) is 24.3 Å². The number of nitrogens with zero attached hydrogens (tertiary/aromatic N) is 1. The van der Waals surface area contributed by atoms with E-state index < -0.39 is 27.2 Å². The molecule has 1 N–H and O–H groups in total. The molecule has 1 atom stereocenters. The smallest absolute Gasteiger partial charge is 0.258 e. The highest BCUT2D eigenvalue weighted by Crippen LogP contribution is 2.04. The summed E-state index contributed by atoms with van der Waals surface area (Å²) in [6.45, 7) is 3.05. The predicted molar refractivity (Wildman–Crippen MR) is 72.3 cm³/mol. The van der Waals surface area contributed by atoms with Crippen LogP contribution in [-0.2, 0) is 14.8 Å². The fourth-order valence-corrected chi connectivity index (χ4v) is 2.38. The quantitative estimate of drug-likeness (QED) is 0.827. The molecule has 0 fully saturated rings. The molecule has 19 heavy (non-hydrogen) atoms. The SMILES string of the molecule is CC(C)S(=O)(=O)NC(=O)C1CC=c2ccccc2=N1. The molecule has 1 aliphatic heterocycles. The van der Waals surface area contributed by atoms with Gasteiger partial charge < -0.3 is 0 Å². The maximum Gasteiger partial charge on any atom is 0.258 e. The summed E-state index contributed by atoms with van der Waals surface area (Å²) < 4.78 is 25.4. The van der Waals surface area contributed by atoms with E-state index in [0.717, 1.165) is 10.6 Å². The third-order valence-corrected chi connectivity index (χ3v) is 4.69. The zero-order valence-corrected chi connectivity index (χ0v) is 11.6. The van der Waals surface area contributed by atoms with Gasteiger partial charge in [-0.3, -0.25) is 14.5 Å². The molecule has 0 bridgehead atoms. The Morgan fingerprint density at radius 3 is 2.74 bits per heavy atom. The summed E-state index contributed by atoms with van der Waals surface area (Å²) in [6.07, 6.45) is 2.31. The molecule has 102 valence electrons. The predicted octanol–water partition coefficient (Wildman–Crippen LogP) is -0.287. The molecule has 1 amide bonds. The standard InChI is InChI=1S/C13H16N2O3S/c1-9(2)19(17,18)15-13(16)12-8-7-10-5-3-4-6-11(10)14-12/h3-7,9,12H,8H2,1-2H3,(H,15,16). The van der Waals surface area contributed by atoms with Crippen LogP contribution in [0.15, 0.2) is 29.3 Å². The third-order valence-electron chi connectivity index (χ3n) is 2.96. The van der Waals surface area contributed by atoms with Crippen molar-refractivity contribution in [1.82, 2.24) is 4.72 Å². The highest BCUT2D eigenvalue weighted by molar-refractivity contribution is 7.90.